The molecule has 110 valence electrons. The lowest BCUT2D eigenvalue weighted by Gasteiger charge is -2.23. The molecule has 0 saturated carbocycles. The van der Waals surface area contributed by atoms with Crippen LogP contribution in [0.1, 0.15) is 11.1 Å². The van der Waals surface area contributed by atoms with E-state index in [-0.39, 0.29) is 0 Å². The molecular formula is C20H16BNO. The fourth-order valence-corrected chi connectivity index (χ4v) is 3.13. The van der Waals surface area contributed by atoms with Crippen LogP contribution in [0.25, 0.3) is 21.9 Å². The number of rotatable bonds is 2. The normalized spacial score (nSPS) is 11.2. The molecule has 23 heavy (non-hydrogen) atoms. The van der Waals surface area contributed by atoms with E-state index in [4.69, 9.17) is 12.4 Å². The third kappa shape index (κ3) is 2.20. The van der Waals surface area contributed by atoms with Gasteiger partial charge in [0.1, 0.15) is 5.58 Å². The number of nitrogens with zero attached hydrogens (tertiary/aromatic N) is 1. The number of furan rings is 1. The molecule has 0 amide bonds. The molecule has 1 aromatic heterocycles. The van der Waals surface area contributed by atoms with Crippen molar-refractivity contribution in [3.8, 4) is 0 Å². The number of aryl methyl sites for hydroxylation is 2. The summed E-state index contributed by atoms with van der Waals surface area (Å²) in [6.07, 6.45) is 0. The molecule has 0 unspecified atom stereocenters. The second-order valence-corrected chi connectivity index (χ2v) is 5.91. The van der Waals surface area contributed by atoms with E-state index in [0.29, 0.717) is 0 Å². The van der Waals surface area contributed by atoms with E-state index >= 15 is 0 Å². The maximum absolute atomic E-state index is 6.43. The highest BCUT2D eigenvalue weighted by Gasteiger charge is 2.14. The number of anilines is 2. The Balaban J connectivity index is 1.94. The topological polar surface area (TPSA) is 16.4 Å². The van der Waals surface area contributed by atoms with Crippen LogP contribution in [0.3, 0.4) is 0 Å². The van der Waals surface area contributed by atoms with Crippen molar-refractivity contribution in [1.82, 2.24) is 0 Å². The van der Waals surface area contributed by atoms with Crippen LogP contribution in [-0.4, -0.2) is 7.98 Å². The summed E-state index contributed by atoms with van der Waals surface area (Å²) < 4.78 is 6.07. The first-order valence-corrected chi connectivity index (χ1v) is 7.67. The molecule has 0 aliphatic heterocycles. The Morgan fingerprint density at radius 3 is 2.43 bits per heavy atom. The highest BCUT2D eigenvalue weighted by molar-refractivity contribution is 6.25. The number of hydrogen-bond acceptors (Lipinski definition) is 2. The standard InChI is InChI=1S/C20H16BNO/c1-13-10-11-17(14(2)12-13)22(21)18-8-5-7-16-15-6-3-4-9-19(15)23-20(16)18/h3-12H,1-2H3. The van der Waals surface area contributed by atoms with Gasteiger partial charge in [-0.25, -0.2) is 0 Å². The van der Waals surface area contributed by atoms with E-state index in [1.165, 1.54) is 5.56 Å². The molecule has 3 heteroatoms. The van der Waals surface area contributed by atoms with Crippen molar-refractivity contribution in [2.45, 2.75) is 13.8 Å². The predicted molar refractivity (Wildman–Crippen MR) is 97.5 cm³/mol. The molecule has 1 heterocycles. The van der Waals surface area contributed by atoms with Gasteiger partial charge < -0.3 is 9.23 Å². The molecule has 0 spiro atoms. The van der Waals surface area contributed by atoms with Crippen molar-refractivity contribution in [2.75, 3.05) is 4.81 Å². The molecule has 3 aromatic carbocycles. The van der Waals surface area contributed by atoms with Crippen molar-refractivity contribution >= 4 is 41.3 Å². The van der Waals surface area contributed by atoms with Crippen LogP contribution in [0.15, 0.2) is 65.1 Å². The average molecular weight is 297 g/mol. The Hall–Kier alpha value is -2.68. The second kappa shape index (κ2) is 5.20. The molecule has 0 N–H and O–H groups in total. The number of hydrogen-bond donors (Lipinski definition) is 0. The lowest BCUT2D eigenvalue weighted by molar-refractivity contribution is 0.669. The lowest BCUT2D eigenvalue weighted by atomic mass is 10.0. The van der Waals surface area contributed by atoms with E-state index in [1.54, 1.807) is 4.81 Å². The largest absolute Gasteiger partial charge is 0.454 e. The van der Waals surface area contributed by atoms with Crippen LogP contribution >= 0.6 is 0 Å². The molecule has 2 radical (unpaired) electrons. The molecule has 0 atom stereocenters. The summed E-state index contributed by atoms with van der Waals surface area (Å²) in [6.45, 7) is 4.15. The first kappa shape index (κ1) is 14.0. The van der Waals surface area contributed by atoms with Crippen LogP contribution in [0.2, 0.25) is 0 Å². The molecule has 0 bridgehead atoms. The molecule has 2 nitrogen and oxygen atoms in total. The molecule has 0 aliphatic rings. The molecule has 0 aliphatic carbocycles. The summed E-state index contributed by atoms with van der Waals surface area (Å²) in [6, 6.07) is 20.4. The smallest absolute Gasteiger partial charge is 0.234 e. The molecule has 0 fully saturated rings. The van der Waals surface area contributed by atoms with E-state index in [2.05, 4.69) is 38.1 Å². The Morgan fingerprint density at radius 1 is 0.826 bits per heavy atom. The third-order valence-electron chi connectivity index (χ3n) is 4.25. The van der Waals surface area contributed by atoms with Gasteiger partial charge in [-0.05, 0) is 37.6 Å². The van der Waals surface area contributed by atoms with Crippen LogP contribution in [0.4, 0.5) is 11.4 Å². The van der Waals surface area contributed by atoms with E-state index in [0.717, 1.165) is 38.9 Å². The van der Waals surface area contributed by atoms with Crippen molar-refractivity contribution in [3.63, 3.8) is 0 Å². The third-order valence-corrected chi connectivity index (χ3v) is 4.25. The minimum absolute atomic E-state index is 0.816. The zero-order valence-electron chi connectivity index (χ0n) is 13.2. The summed E-state index contributed by atoms with van der Waals surface area (Å²) >= 11 is 0. The van der Waals surface area contributed by atoms with Gasteiger partial charge in [-0.15, -0.1) is 0 Å². The van der Waals surface area contributed by atoms with Gasteiger partial charge in [-0.2, -0.15) is 0 Å². The Bertz CT molecular complexity index is 1020. The monoisotopic (exact) mass is 297 g/mol. The molecule has 4 rings (SSSR count). The quantitative estimate of drug-likeness (QED) is 0.459. The van der Waals surface area contributed by atoms with E-state index < -0.39 is 0 Å². The zero-order valence-corrected chi connectivity index (χ0v) is 13.2. The van der Waals surface area contributed by atoms with E-state index in [9.17, 15) is 0 Å². The van der Waals surface area contributed by atoms with Crippen molar-refractivity contribution in [1.29, 1.82) is 0 Å². The summed E-state index contributed by atoms with van der Waals surface area (Å²) in [5.74, 6) is 0. The first-order valence-electron chi connectivity index (χ1n) is 7.67. The Labute approximate surface area is 136 Å². The Kier molecular flexibility index (Phi) is 3.15. The van der Waals surface area contributed by atoms with Crippen molar-refractivity contribution < 1.29 is 4.42 Å². The average Bonchev–Trinajstić information content (AvgIpc) is 2.93. The number of fused-ring (bicyclic) bond motifs is 3. The van der Waals surface area contributed by atoms with Crippen LogP contribution in [0, 0.1) is 13.8 Å². The highest BCUT2D eigenvalue weighted by Crippen LogP contribution is 2.37. The zero-order chi connectivity index (χ0) is 16.0. The fraction of sp³-hybridized carbons (Fsp3) is 0.100. The second-order valence-electron chi connectivity index (χ2n) is 5.91. The van der Waals surface area contributed by atoms with Gasteiger partial charge in [0.05, 0.1) is 5.69 Å². The van der Waals surface area contributed by atoms with Crippen LogP contribution in [-0.2, 0) is 0 Å². The van der Waals surface area contributed by atoms with Crippen molar-refractivity contribution in [2.24, 2.45) is 0 Å². The predicted octanol–water partition coefficient (Wildman–Crippen LogP) is 5.42. The minimum atomic E-state index is 0.816. The van der Waals surface area contributed by atoms with Gasteiger partial charge in [-0.1, -0.05) is 48.0 Å². The van der Waals surface area contributed by atoms with Crippen LogP contribution < -0.4 is 4.81 Å². The first-order chi connectivity index (χ1) is 11.1. The summed E-state index contributed by atoms with van der Waals surface area (Å²) in [4.78, 5) is 1.71. The van der Waals surface area contributed by atoms with Crippen molar-refractivity contribution in [3.05, 3.63) is 71.8 Å². The van der Waals surface area contributed by atoms with Gasteiger partial charge in [0, 0.05) is 16.5 Å². The minimum Gasteiger partial charge on any atom is -0.454 e. The number of benzene rings is 3. The fourth-order valence-electron chi connectivity index (χ4n) is 3.13. The summed E-state index contributed by atoms with van der Waals surface area (Å²) in [7, 11) is 6.43. The Morgan fingerprint density at radius 2 is 1.61 bits per heavy atom. The van der Waals surface area contributed by atoms with Gasteiger partial charge in [0.2, 0.25) is 7.98 Å². The lowest BCUT2D eigenvalue weighted by Crippen LogP contribution is -2.13. The van der Waals surface area contributed by atoms with Gasteiger partial charge in [-0.3, -0.25) is 0 Å². The van der Waals surface area contributed by atoms with Gasteiger partial charge in [0.15, 0.2) is 5.58 Å². The molecule has 4 aromatic rings. The maximum Gasteiger partial charge on any atom is 0.234 e. The maximum atomic E-state index is 6.43. The van der Waals surface area contributed by atoms with Gasteiger partial charge >= 0.3 is 0 Å². The van der Waals surface area contributed by atoms with Crippen LogP contribution in [0.5, 0.6) is 0 Å². The summed E-state index contributed by atoms with van der Waals surface area (Å²) in [5, 5.41) is 2.19. The highest BCUT2D eigenvalue weighted by atomic mass is 16.3. The number of para-hydroxylation sites is 2. The SMILES string of the molecule is [B]N(c1ccc(C)cc1C)c1cccc2c1oc1ccccc12. The molecule has 0 saturated heterocycles. The van der Waals surface area contributed by atoms with Gasteiger partial charge in [0.25, 0.3) is 0 Å². The summed E-state index contributed by atoms with van der Waals surface area (Å²) in [5.41, 5.74) is 5.90. The molecular weight excluding hydrogens is 281 g/mol. The van der Waals surface area contributed by atoms with E-state index in [1.807, 2.05) is 36.4 Å².